The molecule has 2 amide bonds. The molecule has 0 aromatic heterocycles. The summed E-state index contributed by atoms with van der Waals surface area (Å²) < 4.78 is 12.2. The van der Waals surface area contributed by atoms with Crippen LogP contribution in [0, 0.1) is 0 Å². The molecule has 178 valence electrons. The fourth-order valence-corrected chi connectivity index (χ4v) is 3.90. The molecular formula is C25H32ClN3O4. The van der Waals surface area contributed by atoms with Crippen LogP contribution in [-0.4, -0.2) is 86.1 Å². The van der Waals surface area contributed by atoms with Crippen LogP contribution in [0.4, 0.5) is 0 Å². The van der Waals surface area contributed by atoms with E-state index in [0.29, 0.717) is 37.0 Å². The van der Waals surface area contributed by atoms with E-state index in [-0.39, 0.29) is 31.4 Å². The second kappa shape index (κ2) is 11.5. The number of carbonyl (C=O) groups is 2. The average Bonchev–Trinajstić information content (AvgIpc) is 2.79. The lowest BCUT2D eigenvalue weighted by Crippen LogP contribution is -2.59. The van der Waals surface area contributed by atoms with Gasteiger partial charge in [0.1, 0.15) is 18.0 Å². The summed E-state index contributed by atoms with van der Waals surface area (Å²) in [5, 5.41) is 0.615. The lowest BCUT2D eigenvalue weighted by atomic mass is 9.96. The number of morpholine rings is 1. The van der Waals surface area contributed by atoms with Gasteiger partial charge in [-0.15, -0.1) is 0 Å². The van der Waals surface area contributed by atoms with Gasteiger partial charge < -0.3 is 24.2 Å². The predicted molar refractivity (Wildman–Crippen MR) is 128 cm³/mol. The number of rotatable bonds is 9. The molecule has 0 aliphatic carbocycles. The SMILES string of the molecule is CN(C)CC(=O)N1CCO[C@@](COc2ccc(Cl)cc2)(CC(=O)N(C)Cc2ccccc2)C1. The van der Waals surface area contributed by atoms with E-state index >= 15 is 0 Å². The molecule has 3 rings (SSSR count). The van der Waals surface area contributed by atoms with Crippen molar-refractivity contribution in [3.8, 4) is 5.75 Å². The number of hydrogen-bond donors (Lipinski definition) is 0. The molecule has 0 saturated carbocycles. The van der Waals surface area contributed by atoms with Gasteiger partial charge in [0.25, 0.3) is 0 Å². The van der Waals surface area contributed by atoms with Gasteiger partial charge in [0.2, 0.25) is 11.8 Å². The quantitative estimate of drug-likeness (QED) is 0.560. The van der Waals surface area contributed by atoms with Crippen molar-refractivity contribution in [1.29, 1.82) is 0 Å². The molecule has 2 aromatic rings. The lowest BCUT2D eigenvalue weighted by Gasteiger charge is -2.43. The van der Waals surface area contributed by atoms with Crippen LogP contribution in [0.5, 0.6) is 5.75 Å². The van der Waals surface area contributed by atoms with Crippen LogP contribution >= 0.6 is 11.6 Å². The van der Waals surface area contributed by atoms with Gasteiger partial charge in [0.05, 0.1) is 26.1 Å². The van der Waals surface area contributed by atoms with Crippen LogP contribution < -0.4 is 4.74 Å². The zero-order chi connectivity index (χ0) is 23.8. The van der Waals surface area contributed by atoms with Gasteiger partial charge in [0.15, 0.2) is 0 Å². The van der Waals surface area contributed by atoms with Gasteiger partial charge in [-0.1, -0.05) is 41.9 Å². The molecule has 1 aliphatic heterocycles. The van der Waals surface area contributed by atoms with E-state index < -0.39 is 5.60 Å². The van der Waals surface area contributed by atoms with E-state index in [1.165, 1.54) is 0 Å². The number of halogens is 1. The standard InChI is InChI=1S/C25H32ClN3O4/c1-27(2)17-24(31)29-13-14-33-25(18-29,19-32-22-11-9-21(26)10-12-22)15-23(30)28(3)16-20-7-5-4-6-8-20/h4-12H,13-19H2,1-3H3/t25-/m0/s1. The fourth-order valence-electron chi connectivity index (χ4n) is 3.78. The van der Waals surface area contributed by atoms with Crippen molar-refractivity contribution in [3.05, 3.63) is 65.2 Å². The third-order valence-corrected chi connectivity index (χ3v) is 5.78. The van der Waals surface area contributed by atoms with Gasteiger partial charge in [-0.05, 0) is 43.9 Å². The van der Waals surface area contributed by atoms with Gasteiger partial charge in [-0.25, -0.2) is 0 Å². The van der Waals surface area contributed by atoms with Crippen molar-refractivity contribution in [2.75, 3.05) is 54.0 Å². The molecule has 0 spiro atoms. The second-order valence-electron chi connectivity index (χ2n) is 8.74. The minimum Gasteiger partial charge on any atom is -0.490 e. The third kappa shape index (κ3) is 7.45. The highest BCUT2D eigenvalue weighted by molar-refractivity contribution is 6.30. The summed E-state index contributed by atoms with van der Waals surface area (Å²) in [7, 11) is 5.50. The number of carbonyl (C=O) groups excluding carboxylic acids is 2. The van der Waals surface area contributed by atoms with Crippen molar-refractivity contribution < 1.29 is 19.1 Å². The maximum Gasteiger partial charge on any atom is 0.236 e. The van der Waals surface area contributed by atoms with Crippen LogP contribution in [0.15, 0.2) is 54.6 Å². The number of amides is 2. The maximum absolute atomic E-state index is 13.2. The molecule has 0 N–H and O–H groups in total. The molecule has 8 heteroatoms. The van der Waals surface area contributed by atoms with Gasteiger partial charge in [-0.2, -0.15) is 0 Å². The summed E-state index contributed by atoms with van der Waals surface area (Å²) >= 11 is 5.97. The molecule has 1 atom stereocenters. The lowest BCUT2D eigenvalue weighted by molar-refractivity contribution is -0.166. The molecule has 1 saturated heterocycles. The highest BCUT2D eigenvalue weighted by atomic mass is 35.5. The van der Waals surface area contributed by atoms with Gasteiger partial charge in [0, 0.05) is 25.2 Å². The Balaban J connectivity index is 1.74. The first-order chi connectivity index (χ1) is 15.8. The number of ether oxygens (including phenoxy) is 2. The topological polar surface area (TPSA) is 62.3 Å². The minimum absolute atomic E-state index is 0.00394. The first kappa shape index (κ1) is 25.0. The predicted octanol–water partition coefficient (Wildman–Crippen LogP) is 2.93. The molecular weight excluding hydrogens is 442 g/mol. The van der Waals surface area contributed by atoms with Crippen LogP contribution in [0.3, 0.4) is 0 Å². The number of benzene rings is 2. The third-order valence-electron chi connectivity index (χ3n) is 5.53. The van der Waals surface area contributed by atoms with Crippen molar-refractivity contribution >= 4 is 23.4 Å². The van der Waals surface area contributed by atoms with E-state index in [2.05, 4.69) is 0 Å². The van der Waals surface area contributed by atoms with Crippen LogP contribution in [0.1, 0.15) is 12.0 Å². The zero-order valence-corrected chi connectivity index (χ0v) is 20.3. The van der Waals surface area contributed by atoms with Crippen molar-refractivity contribution in [1.82, 2.24) is 14.7 Å². The maximum atomic E-state index is 13.2. The molecule has 33 heavy (non-hydrogen) atoms. The summed E-state index contributed by atoms with van der Waals surface area (Å²) in [6.45, 7) is 2.07. The zero-order valence-electron chi connectivity index (χ0n) is 19.5. The fraction of sp³-hybridized carbons (Fsp3) is 0.440. The normalized spacial score (nSPS) is 18.3. The molecule has 1 fully saturated rings. The van der Waals surface area contributed by atoms with Crippen LogP contribution in [-0.2, 0) is 20.9 Å². The molecule has 2 aromatic carbocycles. The van der Waals surface area contributed by atoms with E-state index in [1.54, 1.807) is 41.1 Å². The van der Waals surface area contributed by atoms with Gasteiger partial charge >= 0.3 is 0 Å². The number of nitrogens with zero attached hydrogens (tertiary/aromatic N) is 3. The highest BCUT2D eigenvalue weighted by Crippen LogP contribution is 2.26. The molecule has 7 nitrogen and oxygen atoms in total. The van der Waals surface area contributed by atoms with E-state index in [0.717, 1.165) is 5.56 Å². The minimum atomic E-state index is -0.943. The smallest absolute Gasteiger partial charge is 0.236 e. The summed E-state index contributed by atoms with van der Waals surface area (Å²) in [6, 6.07) is 16.9. The monoisotopic (exact) mass is 473 g/mol. The Morgan fingerprint density at radius 2 is 1.79 bits per heavy atom. The van der Waals surface area contributed by atoms with Crippen LogP contribution in [0.2, 0.25) is 5.02 Å². The summed E-state index contributed by atoms with van der Waals surface area (Å²) in [4.78, 5) is 31.2. The van der Waals surface area contributed by atoms with Crippen molar-refractivity contribution in [2.24, 2.45) is 0 Å². The second-order valence-corrected chi connectivity index (χ2v) is 9.18. The van der Waals surface area contributed by atoms with Crippen molar-refractivity contribution in [2.45, 2.75) is 18.6 Å². The van der Waals surface area contributed by atoms with E-state index in [1.807, 2.05) is 49.3 Å². The summed E-state index contributed by atoms with van der Waals surface area (Å²) in [5.41, 5.74) is 0.106. The summed E-state index contributed by atoms with van der Waals surface area (Å²) in [5.74, 6) is 0.564. The molecule has 0 radical (unpaired) electrons. The molecule has 0 unspecified atom stereocenters. The number of likely N-dealkylation sites (N-methyl/N-ethyl adjacent to an activating group) is 1. The number of hydrogen-bond acceptors (Lipinski definition) is 5. The summed E-state index contributed by atoms with van der Waals surface area (Å²) in [6.07, 6.45) is 0.107. The Morgan fingerprint density at radius 1 is 1.09 bits per heavy atom. The Kier molecular flexibility index (Phi) is 8.72. The van der Waals surface area contributed by atoms with Crippen LogP contribution in [0.25, 0.3) is 0 Å². The molecule has 1 aliphatic rings. The Labute approximate surface area is 200 Å². The Hall–Kier alpha value is -2.61. The molecule has 1 heterocycles. The van der Waals surface area contributed by atoms with E-state index in [9.17, 15) is 9.59 Å². The first-order valence-electron chi connectivity index (χ1n) is 11.0. The van der Waals surface area contributed by atoms with Gasteiger partial charge in [-0.3, -0.25) is 9.59 Å². The Bertz CT molecular complexity index is 923. The van der Waals surface area contributed by atoms with E-state index in [4.69, 9.17) is 21.1 Å². The van der Waals surface area contributed by atoms with Crippen molar-refractivity contribution in [3.63, 3.8) is 0 Å². The first-order valence-corrected chi connectivity index (χ1v) is 11.4. The molecule has 0 bridgehead atoms. The Morgan fingerprint density at radius 3 is 2.45 bits per heavy atom. The largest absolute Gasteiger partial charge is 0.490 e. The highest BCUT2D eigenvalue weighted by Gasteiger charge is 2.42. The average molecular weight is 474 g/mol.